The van der Waals surface area contributed by atoms with Gasteiger partial charge in [0.25, 0.3) is 0 Å². The van der Waals surface area contributed by atoms with Crippen LogP contribution >= 0.6 is 0 Å². The molecule has 0 radical (unpaired) electrons. The molecule has 4 heteroatoms. The van der Waals surface area contributed by atoms with E-state index in [1.807, 2.05) is 60.7 Å². The quantitative estimate of drug-likeness (QED) is 0.531. The van der Waals surface area contributed by atoms with Crippen LogP contribution in [0.25, 0.3) is 33.2 Å². The number of pyridine rings is 1. The lowest BCUT2D eigenvalue weighted by atomic mass is 9.96. The number of nitrogens with zero attached hydrogens (tertiary/aromatic N) is 1. The van der Waals surface area contributed by atoms with Gasteiger partial charge in [-0.05, 0) is 36.2 Å². The molecule has 3 nitrogen and oxygen atoms in total. The van der Waals surface area contributed by atoms with Crippen LogP contribution in [0.3, 0.4) is 0 Å². The van der Waals surface area contributed by atoms with Gasteiger partial charge in [-0.25, -0.2) is 4.98 Å². The number of rotatable bonds is 2. The smallest absolute Gasteiger partial charge is 0.187 e. The van der Waals surface area contributed by atoms with Crippen molar-refractivity contribution in [2.75, 3.05) is 0 Å². The fourth-order valence-corrected chi connectivity index (χ4v) is 3.06. The number of fused-ring (bicyclic) bond motifs is 1. The fraction of sp³-hybridized carbons (Fsp3) is 0.0455. The Bertz CT molecular complexity index is 1080. The predicted molar refractivity (Wildman–Crippen MR) is 111 cm³/mol. The lowest BCUT2D eigenvalue weighted by Gasteiger charge is -2.11. The molecule has 0 atom stereocenters. The molecule has 0 fully saturated rings. The summed E-state index contributed by atoms with van der Waals surface area (Å²) in [6.07, 6.45) is 0. The molecule has 1 heterocycles. The van der Waals surface area contributed by atoms with E-state index in [2.05, 4.69) is 4.98 Å². The van der Waals surface area contributed by atoms with Crippen LogP contribution in [0.5, 0.6) is 11.5 Å². The Hall–Kier alpha value is -2.80. The topological polar surface area (TPSA) is 53.4 Å². The molecule has 0 unspecified atom stereocenters. The van der Waals surface area contributed by atoms with Crippen molar-refractivity contribution in [3.8, 4) is 33.8 Å². The molecule has 0 bridgehead atoms. The van der Waals surface area contributed by atoms with E-state index in [1.54, 1.807) is 19.1 Å². The normalized spacial score (nSPS) is 10.5. The number of aromatic hydroxyl groups is 2. The van der Waals surface area contributed by atoms with Gasteiger partial charge in [-0.1, -0.05) is 54.6 Å². The van der Waals surface area contributed by atoms with Crippen LogP contribution in [0.15, 0.2) is 72.8 Å². The second kappa shape index (κ2) is 7.21. The lowest BCUT2D eigenvalue weighted by molar-refractivity contribution is 0.469. The molecule has 0 amide bonds. The van der Waals surface area contributed by atoms with Gasteiger partial charge in [0.2, 0.25) is 0 Å². The number of phenolic OH excluding ortho intramolecular Hbond substituents is 1. The summed E-state index contributed by atoms with van der Waals surface area (Å²) in [6.45, 7) is 1.77. The molecular formula is C22H20AlNO2. The number of hydrogen-bond acceptors (Lipinski definition) is 3. The minimum atomic E-state index is 0. The second-order valence-corrected chi connectivity index (χ2v) is 6.07. The standard InChI is InChI=1S/C22H17NO2.Al.3H/c1-14-21(25)13-17-8-5-9-18(22(17)23-14)19-12-16(10-11-20(19)24)15-6-3-2-4-7-15;;;;/h2-13,24-25H,1H3;;;;. The van der Waals surface area contributed by atoms with Gasteiger partial charge in [-0.15, -0.1) is 0 Å². The van der Waals surface area contributed by atoms with Crippen LogP contribution in [0.2, 0.25) is 0 Å². The summed E-state index contributed by atoms with van der Waals surface area (Å²) >= 11 is 0. The van der Waals surface area contributed by atoms with E-state index in [-0.39, 0.29) is 28.9 Å². The number of phenols is 1. The highest BCUT2D eigenvalue weighted by molar-refractivity contribution is 5.96. The number of aryl methyl sites for hydroxylation is 1. The highest BCUT2D eigenvalue weighted by Crippen LogP contribution is 2.37. The van der Waals surface area contributed by atoms with E-state index in [4.69, 9.17) is 0 Å². The molecule has 128 valence electrons. The van der Waals surface area contributed by atoms with Crippen molar-refractivity contribution in [3.63, 3.8) is 0 Å². The molecule has 26 heavy (non-hydrogen) atoms. The molecule has 0 aliphatic rings. The van der Waals surface area contributed by atoms with Crippen molar-refractivity contribution >= 4 is 28.3 Å². The van der Waals surface area contributed by atoms with Crippen molar-refractivity contribution in [2.45, 2.75) is 6.92 Å². The Balaban J connectivity index is 0.00000196. The lowest BCUT2D eigenvalue weighted by Crippen LogP contribution is -1.90. The zero-order valence-electron chi connectivity index (χ0n) is 13.8. The van der Waals surface area contributed by atoms with E-state index in [1.165, 1.54) is 0 Å². The number of aromatic nitrogens is 1. The summed E-state index contributed by atoms with van der Waals surface area (Å²) < 4.78 is 0. The molecule has 0 spiro atoms. The largest absolute Gasteiger partial charge is 0.507 e. The molecule has 0 aliphatic carbocycles. The highest BCUT2D eigenvalue weighted by Gasteiger charge is 2.12. The van der Waals surface area contributed by atoms with Gasteiger partial charge in [0.1, 0.15) is 11.5 Å². The maximum Gasteiger partial charge on any atom is 0.187 e. The Morgan fingerprint density at radius 3 is 2.23 bits per heavy atom. The Morgan fingerprint density at radius 2 is 1.46 bits per heavy atom. The average molecular weight is 357 g/mol. The minimum Gasteiger partial charge on any atom is -0.507 e. The first-order valence-electron chi connectivity index (χ1n) is 8.11. The maximum absolute atomic E-state index is 10.4. The molecule has 2 N–H and O–H groups in total. The van der Waals surface area contributed by atoms with Crippen LogP contribution in [0, 0.1) is 6.92 Å². The zero-order chi connectivity index (χ0) is 17.4. The molecular weight excluding hydrogens is 337 g/mol. The Labute approximate surface area is 162 Å². The van der Waals surface area contributed by atoms with E-state index in [0.717, 1.165) is 33.2 Å². The zero-order valence-corrected chi connectivity index (χ0v) is 13.8. The monoisotopic (exact) mass is 357 g/mol. The van der Waals surface area contributed by atoms with Gasteiger partial charge in [-0.3, -0.25) is 0 Å². The Morgan fingerprint density at radius 1 is 0.692 bits per heavy atom. The van der Waals surface area contributed by atoms with Crippen LogP contribution < -0.4 is 0 Å². The van der Waals surface area contributed by atoms with Gasteiger partial charge in [0.15, 0.2) is 17.4 Å². The number of para-hydroxylation sites is 1. The van der Waals surface area contributed by atoms with Crippen molar-refractivity contribution in [3.05, 3.63) is 78.5 Å². The van der Waals surface area contributed by atoms with Gasteiger partial charge < -0.3 is 10.2 Å². The van der Waals surface area contributed by atoms with Crippen LogP contribution in [-0.4, -0.2) is 32.6 Å². The van der Waals surface area contributed by atoms with Gasteiger partial charge in [0, 0.05) is 16.5 Å². The summed E-state index contributed by atoms with van der Waals surface area (Å²) in [5.74, 6) is 0.381. The molecule has 4 aromatic rings. The summed E-state index contributed by atoms with van der Waals surface area (Å²) in [7, 11) is 0. The minimum absolute atomic E-state index is 0. The third kappa shape index (κ3) is 3.18. The first-order chi connectivity index (χ1) is 12.1. The molecule has 0 saturated carbocycles. The van der Waals surface area contributed by atoms with Gasteiger partial charge in [0.05, 0.1) is 11.2 Å². The van der Waals surface area contributed by atoms with Crippen LogP contribution in [0.4, 0.5) is 0 Å². The number of benzene rings is 3. The third-order valence-electron chi connectivity index (χ3n) is 4.40. The van der Waals surface area contributed by atoms with Gasteiger partial charge >= 0.3 is 0 Å². The van der Waals surface area contributed by atoms with Gasteiger partial charge in [-0.2, -0.15) is 0 Å². The van der Waals surface area contributed by atoms with Crippen molar-refractivity contribution in [1.82, 2.24) is 4.98 Å². The molecule has 0 saturated heterocycles. The SMILES string of the molecule is Cc1nc2c(-c3cc(-c4ccccc4)ccc3O)cccc2cc1O.[AlH3]. The van der Waals surface area contributed by atoms with E-state index >= 15 is 0 Å². The highest BCUT2D eigenvalue weighted by atomic mass is 27.0. The second-order valence-electron chi connectivity index (χ2n) is 6.07. The van der Waals surface area contributed by atoms with Crippen molar-refractivity contribution in [1.29, 1.82) is 0 Å². The molecule has 0 aliphatic heterocycles. The first kappa shape index (κ1) is 18.0. The van der Waals surface area contributed by atoms with E-state index in [0.29, 0.717) is 5.69 Å². The maximum atomic E-state index is 10.4. The van der Waals surface area contributed by atoms with E-state index in [9.17, 15) is 10.2 Å². The Kier molecular flexibility index (Phi) is 4.99. The summed E-state index contributed by atoms with van der Waals surface area (Å²) in [5.41, 5.74) is 5.02. The van der Waals surface area contributed by atoms with Crippen molar-refractivity contribution in [2.24, 2.45) is 0 Å². The predicted octanol–water partition coefficient (Wildman–Crippen LogP) is 4.10. The first-order valence-corrected chi connectivity index (χ1v) is 8.11. The van der Waals surface area contributed by atoms with Crippen LogP contribution in [-0.2, 0) is 0 Å². The van der Waals surface area contributed by atoms with E-state index < -0.39 is 0 Å². The summed E-state index contributed by atoms with van der Waals surface area (Å²) in [6, 6.07) is 23.1. The summed E-state index contributed by atoms with van der Waals surface area (Å²) in [5, 5.41) is 21.2. The average Bonchev–Trinajstić information content (AvgIpc) is 2.64. The third-order valence-corrected chi connectivity index (χ3v) is 4.40. The van der Waals surface area contributed by atoms with Crippen LogP contribution in [0.1, 0.15) is 5.69 Å². The molecule has 4 rings (SSSR count). The molecule has 3 aromatic carbocycles. The fourth-order valence-electron chi connectivity index (χ4n) is 3.06. The number of hydrogen-bond donors (Lipinski definition) is 2. The van der Waals surface area contributed by atoms with Crippen molar-refractivity contribution < 1.29 is 10.2 Å². The molecule has 1 aromatic heterocycles. The summed E-state index contributed by atoms with van der Waals surface area (Å²) in [4.78, 5) is 4.53.